The lowest BCUT2D eigenvalue weighted by molar-refractivity contribution is 0.0266. The van der Waals surface area contributed by atoms with Gasteiger partial charge < -0.3 is 24.6 Å². The van der Waals surface area contributed by atoms with E-state index in [4.69, 9.17) is 14.5 Å². The number of carbonyl (C=O) groups is 1. The van der Waals surface area contributed by atoms with E-state index in [1.165, 1.54) is 0 Å². The summed E-state index contributed by atoms with van der Waals surface area (Å²) in [6.45, 7) is 15.9. The Morgan fingerprint density at radius 1 is 1.08 bits per heavy atom. The molecule has 1 amide bonds. The van der Waals surface area contributed by atoms with Crippen molar-refractivity contribution in [2.24, 2.45) is 10.9 Å². The summed E-state index contributed by atoms with van der Waals surface area (Å²) in [4.78, 5) is 20.5. The number of piperazine rings is 1. The van der Waals surface area contributed by atoms with Gasteiger partial charge in [-0.2, -0.15) is 0 Å². The summed E-state index contributed by atoms with van der Waals surface area (Å²) in [5.41, 5.74) is 0. The number of guanidine groups is 1. The van der Waals surface area contributed by atoms with Gasteiger partial charge in [-0.25, -0.2) is 4.79 Å². The van der Waals surface area contributed by atoms with Crippen LogP contribution in [0.25, 0.3) is 0 Å². The zero-order chi connectivity index (χ0) is 18.7. The number of nitrogens with zero attached hydrogens (tertiary/aromatic N) is 3. The van der Waals surface area contributed by atoms with Crippen molar-refractivity contribution in [3.63, 3.8) is 0 Å². The van der Waals surface area contributed by atoms with Gasteiger partial charge in [0, 0.05) is 45.9 Å². The number of aliphatic imine (C=N–C) groups is 1. The van der Waals surface area contributed by atoms with Crippen molar-refractivity contribution in [1.29, 1.82) is 0 Å². The van der Waals surface area contributed by atoms with Crippen LogP contribution in [0.2, 0.25) is 0 Å². The molecule has 1 aliphatic rings. The summed E-state index contributed by atoms with van der Waals surface area (Å²) in [5, 5.41) is 3.36. The molecule has 1 atom stereocenters. The maximum absolute atomic E-state index is 11.8. The molecule has 7 heteroatoms. The zero-order valence-corrected chi connectivity index (χ0v) is 16.6. The van der Waals surface area contributed by atoms with Crippen molar-refractivity contribution in [2.75, 3.05) is 52.5 Å². The first-order chi connectivity index (χ1) is 12.0. The molecule has 1 fully saturated rings. The minimum atomic E-state index is -0.222. The van der Waals surface area contributed by atoms with E-state index in [9.17, 15) is 4.79 Å². The van der Waals surface area contributed by atoms with E-state index in [0.29, 0.717) is 25.6 Å². The maximum Gasteiger partial charge on any atom is 0.409 e. The average molecular weight is 357 g/mol. The highest BCUT2D eigenvalue weighted by Gasteiger charge is 2.23. The lowest BCUT2D eigenvalue weighted by Crippen LogP contribution is -2.54. The number of rotatable bonds is 8. The fraction of sp³-hybridized carbons (Fsp3) is 0.889. The predicted octanol–water partition coefficient (Wildman–Crippen LogP) is 2.18. The number of nitrogens with one attached hydrogen (secondary N) is 1. The summed E-state index contributed by atoms with van der Waals surface area (Å²) in [6.07, 6.45) is 0.946. The Hall–Kier alpha value is -1.50. The van der Waals surface area contributed by atoms with Crippen molar-refractivity contribution in [2.45, 2.75) is 47.1 Å². The molecular weight excluding hydrogens is 320 g/mol. The number of hydrogen-bond acceptors (Lipinski definition) is 4. The topological polar surface area (TPSA) is 66.4 Å². The molecule has 0 spiro atoms. The summed E-state index contributed by atoms with van der Waals surface area (Å²) >= 11 is 0. The number of ether oxygens (including phenoxy) is 2. The van der Waals surface area contributed by atoms with Gasteiger partial charge in [-0.05, 0) is 33.1 Å². The monoisotopic (exact) mass is 356 g/mol. The Bertz CT molecular complexity index is 407. The van der Waals surface area contributed by atoms with Crippen LogP contribution in [-0.2, 0) is 9.47 Å². The highest BCUT2D eigenvalue weighted by atomic mass is 16.6. The fourth-order valence-corrected chi connectivity index (χ4v) is 2.86. The molecule has 1 heterocycles. The van der Waals surface area contributed by atoms with Crippen molar-refractivity contribution >= 4 is 12.1 Å². The molecule has 1 N–H and O–H groups in total. The summed E-state index contributed by atoms with van der Waals surface area (Å²) < 4.78 is 10.9. The van der Waals surface area contributed by atoms with Gasteiger partial charge in [0.25, 0.3) is 0 Å². The van der Waals surface area contributed by atoms with Crippen LogP contribution in [0.15, 0.2) is 4.99 Å². The second-order valence-corrected chi connectivity index (χ2v) is 6.44. The van der Waals surface area contributed by atoms with E-state index in [-0.39, 0.29) is 12.2 Å². The molecule has 0 aliphatic carbocycles. The highest BCUT2D eigenvalue weighted by molar-refractivity contribution is 5.80. The summed E-state index contributed by atoms with van der Waals surface area (Å²) in [5.74, 6) is 1.41. The van der Waals surface area contributed by atoms with Gasteiger partial charge in [0.2, 0.25) is 0 Å². The molecule has 1 unspecified atom stereocenters. The molecule has 0 bridgehead atoms. The zero-order valence-electron chi connectivity index (χ0n) is 16.6. The average Bonchev–Trinajstić information content (AvgIpc) is 2.60. The van der Waals surface area contributed by atoms with Gasteiger partial charge in [0.1, 0.15) is 0 Å². The molecule has 25 heavy (non-hydrogen) atoms. The van der Waals surface area contributed by atoms with Gasteiger partial charge in [-0.15, -0.1) is 0 Å². The minimum Gasteiger partial charge on any atom is -0.450 e. The van der Waals surface area contributed by atoms with Gasteiger partial charge in [0.15, 0.2) is 5.96 Å². The van der Waals surface area contributed by atoms with Crippen LogP contribution in [0, 0.1) is 5.92 Å². The van der Waals surface area contributed by atoms with Crippen LogP contribution < -0.4 is 5.32 Å². The normalized spacial score (nSPS) is 17.0. The van der Waals surface area contributed by atoms with Crippen molar-refractivity contribution in [3.05, 3.63) is 0 Å². The smallest absolute Gasteiger partial charge is 0.409 e. The van der Waals surface area contributed by atoms with E-state index in [0.717, 1.165) is 45.2 Å². The van der Waals surface area contributed by atoms with E-state index in [1.807, 2.05) is 13.8 Å². The Kier molecular flexibility index (Phi) is 10.3. The Labute approximate surface area is 152 Å². The summed E-state index contributed by atoms with van der Waals surface area (Å²) in [6, 6.07) is 0. The fourth-order valence-electron chi connectivity index (χ4n) is 2.86. The molecular formula is C18H36N4O3. The molecule has 0 aromatic rings. The number of carbonyl (C=O) groups excluding carboxylic acids is 1. The minimum absolute atomic E-state index is 0.222. The SMILES string of the molecule is CCNC(=NCCC(OCC)C(C)C)N1CCN(C(=O)OCC)CC1. The van der Waals surface area contributed by atoms with Crippen LogP contribution >= 0.6 is 0 Å². The van der Waals surface area contributed by atoms with Crippen molar-refractivity contribution in [1.82, 2.24) is 15.1 Å². The molecule has 146 valence electrons. The number of hydrogen-bond donors (Lipinski definition) is 1. The molecule has 1 saturated heterocycles. The third kappa shape index (κ3) is 7.50. The van der Waals surface area contributed by atoms with Gasteiger partial charge in [0.05, 0.1) is 12.7 Å². The Morgan fingerprint density at radius 3 is 2.24 bits per heavy atom. The molecule has 0 aromatic heterocycles. The largest absolute Gasteiger partial charge is 0.450 e. The standard InChI is InChI=1S/C18H36N4O3/c1-6-19-17(20-10-9-16(15(4)5)24-7-2)21-11-13-22(14-12-21)18(23)25-8-3/h15-16H,6-14H2,1-5H3,(H,19,20). The number of amides is 1. The molecule has 0 aromatic carbocycles. The second-order valence-electron chi connectivity index (χ2n) is 6.44. The van der Waals surface area contributed by atoms with Crippen LogP contribution in [0.4, 0.5) is 4.79 Å². The summed E-state index contributed by atoms with van der Waals surface area (Å²) in [7, 11) is 0. The van der Waals surface area contributed by atoms with Crippen molar-refractivity contribution < 1.29 is 14.3 Å². The first-order valence-corrected chi connectivity index (χ1v) is 9.59. The van der Waals surface area contributed by atoms with Crippen LogP contribution in [-0.4, -0.2) is 80.4 Å². The predicted molar refractivity (Wildman–Crippen MR) is 101 cm³/mol. The van der Waals surface area contributed by atoms with Gasteiger partial charge in [-0.3, -0.25) is 4.99 Å². The van der Waals surface area contributed by atoms with E-state index < -0.39 is 0 Å². The third-order valence-corrected chi connectivity index (χ3v) is 4.24. The Morgan fingerprint density at radius 2 is 1.72 bits per heavy atom. The molecule has 0 saturated carbocycles. The van der Waals surface area contributed by atoms with Gasteiger partial charge >= 0.3 is 6.09 Å². The lowest BCUT2D eigenvalue weighted by atomic mass is 10.0. The lowest BCUT2D eigenvalue weighted by Gasteiger charge is -2.36. The molecule has 1 rings (SSSR count). The van der Waals surface area contributed by atoms with E-state index >= 15 is 0 Å². The van der Waals surface area contributed by atoms with Crippen LogP contribution in [0.1, 0.15) is 41.0 Å². The molecule has 7 nitrogen and oxygen atoms in total. The molecule has 1 aliphatic heterocycles. The third-order valence-electron chi connectivity index (χ3n) is 4.24. The second kappa shape index (κ2) is 12.0. The first-order valence-electron chi connectivity index (χ1n) is 9.59. The molecule has 0 radical (unpaired) electrons. The van der Waals surface area contributed by atoms with Crippen molar-refractivity contribution in [3.8, 4) is 0 Å². The Balaban J connectivity index is 2.54. The van der Waals surface area contributed by atoms with Gasteiger partial charge in [-0.1, -0.05) is 13.8 Å². The van der Waals surface area contributed by atoms with Crippen LogP contribution in [0.5, 0.6) is 0 Å². The quantitative estimate of drug-likeness (QED) is 0.533. The highest BCUT2D eigenvalue weighted by Crippen LogP contribution is 2.11. The van der Waals surface area contributed by atoms with E-state index in [1.54, 1.807) is 4.90 Å². The van der Waals surface area contributed by atoms with Crippen LogP contribution in [0.3, 0.4) is 0 Å². The maximum atomic E-state index is 11.8. The van der Waals surface area contributed by atoms with E-state index in [2.05, 4.69) is 31.0 Å². The first kappa shape index (κ1) is 21.5.